The van der Waals surface area contributed by atoms with E-state index in [1.54, 1.807) is 17.7 Å². The van der Waals surface area contributed by atoms with Gasteiger partial charge in [0.2, 0.25) is 0 Å². The molecule has 0 amide bonds. The van der Waals surface area contributed by atoms with Gasteiger partial charge in [0, 0.05) is 29.9 Å². The summed E-state index contributed by atoms with van der Waals surface area (Å²) >= 11 is 5.97. The third kappa shape index (κ3) is 2.71. The van der Waals surface area contributed by atoms with Gasteiger partial charge in [-0.05, 0) is 31.0 Å². The van der Waals surface area contributed by atoms with Gasteiger partial charge in [-0.25, -0.2) is 4.98 Å². The first kappa shape index (κ1) is 13.8. The maximum atomic E-state index is 11.8. The highest BCUT2D eigenvalue weighted by Gasteiger charge is 2.12. The van der Waals surface area contributed by atoms with E-state index in [2.05, 4.69) is 18.8 Å². The minimum atomic E-state index is 0.0248. The van der Waals surface area contributed by atoms with Crippen LogP contribution in [-0.2, 0) is 7.05 Å². The molecular weight excluding hydrogens is 260 g/mol. The quantitative estimate of drug-likeness (QED) is 0.787. The number of hydrogen-bond acceptors (Lipinski definition) is 2. The SMILES string of the molecule is Cc1cc(-c2ccc(Cl)nc2C(C)C)cn(C)c1=O. The molecule has 2 heterocycles. The van der Waals surface area contributed by atoms with Gasteiger partial charge in [0.25, 0.3) is 5.56 Å². The lowest BCUT2D eigenvalue weighted by Gasteiger charge is -2.13. The van der Waals surface area contributed by atoms with Crippen molar-refractivity contribution >= 4 is 11.6 Å². The summed E-state index contributed by atoms with van der Waals surface area (Å²) in [6, 6.07) is 5.65. The molecule has 0 spiro atoms. The Morgan fingerprint density at radius 3 is 2.58 bits per heavy atom. The van der Waals surface area contributed by atoms with Gasteiger partial charge in [0.1, 0.15) is 5.15 Å². The van der Waals surface area contributed by atoms with E-state index in [1.165, 1.54) is 0 Å². The molecule has 0 atom stereocenters. The highest BCUT2D eigenvalue weighted by atomic mass is 35.5. The molecule has 0 fully saturated rings. The summed E-state index contributed by atoms with van der Waals surface area (Å²) in [6.45, 7) is 5.98. The Hall–Kier alpha value is -1.61. The van der Waals surface area contributed by atoms with Crippen LogP contribution in [0.5, 0.6) is 0 Å². The van der Waals surface area contributed by atoms with Crippen molar-refractivity contribution in [2.24, 2.45) is 7.05 Å². The Bertz CT molecular complexity index is 648. The van der Waals surface area contributed by atoms with E-state index >= 15 is 0 Å². The molecule has 0 unspecified atom stereocenters. The van der Waals surface area contributed by atoms with Crippen LogP contribution in [-0.4, -0.2) is 9.55 Å². The maximum Gasteiger partial charge on any atom is 0.253 e. The predicted molar refractivity (Wildman–Crippen MR) is 78.8 cm³/mol. The number of halogens is 1. The fraction of sp³-hybridized carbons (Fsp3) is 0.333. The molecule has 0 radical (unpaired) electrons. The van der Waals surface area contributed by atoms with E-state index in [1.807, 2.05) is 25.3 Å². The topological polar surface area (TPSA) is 34.9 Å². The minimum Gasteiger partial charge on any atom is -0.318 e. The van der Waals surface area contributed by atoms with Crippen LogP contribution >= 0.6 is 11.6 Å². The zero-order valence-corrected chi connectivity index (χ0v) is 12.3. The Balaban J connectivity index is 2.68. The van der Waals surface area contributed by atoms with Gasteiger partial charge >= 0.3 is 0 Å². The summed E-state index contributed by atoms with van der Waals surface area (Å²) in [4.78, 5) is 16.2. The molecule has 0 aliphatic heterocycles. The Morgan fingerprint density at radius 2 is 2.00 bits per heavy atom. The fourth-order valence-corrected chi connectivity index (χ4v) is 2.31. The molecule has 4 heteroatoms. The number of aromatic nitrogens is 2. The minimum absolute atomic E-state index is 0.0248. The van der Waals surface area contributed by atoms with Crippen molar-refractivity contribution in [3.05, 3.63) is 51.2 Å². The molecule has 2 aromatic heterocycles. The number of nitrogens with zero attached hydrogens (tertiary/aromatic N) is 2. The van der Waals surface area contributed by atoms with Crippen LogP contribution in [0.15, 0.2) is 29.2 Å². The van der Waals surface area contributed by atoms with E-state index in [9.17, 15) is 4.79 Å². The Labute approximate surface area is 117 Å². The second-order valence-electron chi connectivity index (χ2n) is 5.05. The summed E-state index contributed by atoms with van der Waals surface area (Å²) in [7, 11) is 1.76. The van der Waals surface area contributed by atoms with Crippen molar-refractivity contribution in [3.8, 4) is 11.1 Å². The first-order valence-electron chi connectivity index (χ1n) is 6.24. The van der Waals surface area contributed by atoms with E-state index in [0.717, 1.165) is 22.4 Å². The van der Waals surface area contributed by atoms with Gasteiger partial charge in [0.15, 0.2) is 0 Å². The second kappa shape index (κ2) is 5.17. The molecule has 2 rings (SSSR count). The predicted octanol–water partition coefficient (Wildman–Crippen LogP) is 3.53. The molecule has 3 nitrogen and oxygen atoms in total. The van der Waals surface area contributed by atoms with Gasteiger partial charge < -0.3 is 4.57 Å². The van der Waals surface area contributed by atoms with Crippen LogP contribution in [0.2, 0.25) is 5.15 Å². The van der Waals surface area contributed by atoms with E-state index in [0.29, 0.717) is 5.15 Å². The molecule has 2 aromatic rings. The highest BCUT2D eigenvalue weighted by molar-refractivity contribution is 6.29. The summed E-state index contributed by atoms with van der Waals surface area (Å²) in [5, 5.41) is 0.494. The summed E-state index contributed by atoms with van der Waals surface area (Å²) < 4.78 is 1.60. The van der Waals surface area contributed by atoms with Crippen LogP contribution < -0.4 is 5.56 Å². The molecule has 0 saturated heterocycles. The summed E-state index contributed by atoms with van der Waals surface area (Å²) in [6.07, 6.45) is 1.84. The van der Waals surface area contributed by atoms with Crippen LogP contribution in [0.25, 0.3) is 11.1 Å². The lowest BCUT2D eigenvalue weighted by Crippen LogP contribution is -2.18. The van der Waals surface area contributed by atoms with Crippen LogP contribution in [0.4, 0.5) is 0 Å². The average molecular weight is 277 g/mol. The number of pyridine rings is 2. The van der Waals surface area contributed by atoms with Crippen molar-refractivity contribution in [1.29, 1.82) is 0 Å². The fourth-order valence-electron chi connectivity index (χ4n) is 2.16. The van der Waals surface area contributed by atoms with Gasteiger partial charge in [-0.2, -0.15) is 0 Å². The first-order valence-corrected chi connectivity index (χ1v) is 6.62. The van der Waals surface area contributed by atoms with Crippen LogP contribution in [0.3, 0.4) is 0 Å². The smallest absolute Gasteiger partial charge is 0.253 e. The highest BCUT2D eigenvalue weighted by Crippen LogP contribution is 2.28. The average Bonchev–Trinajstić information content (AvgIpc) is 2.35. The molecular formula is C15H17ClN2O. The van der Waals surface area contributed by atoms with Crippen molar-refractivity contribution < 1.29 is 0 Å². The number of rotatable bonds is 2. The normalized spacial score (nSPS) is 11.1. The van der Waals surface area contributed by atoms with Crippen molar-refractivity contribution in [2.75, 3.05) is 0 Å². The van der Waals surface area contributed by atoms with Gasteiger partial charge in [-0.15, -0.1) is 0 Å². The van der Waals surface area contributed by atoms with Gasteiger partial charge in [-0.3, -0.25) is 4.79 Å². The molecule has 19 heavy (non-hydrogen) atoms. The van der Waals surface area contributed by atoms with Gasteiger partial charge in [0.05, 0.1) is 5.69 Å². The zero-order chi connectivity index (χ0) is 14.2. The van der Waals surface area contributed by atoms with Crippen LogP contribution in [0, 0.1) is 6.92 Å². The van der Waals surface area contributed by atoms with E-state index < -0.39 is 0 Å². The third-order valence-corrected chi connectivity index (χ3v) is 3.32. The Kier molecular flexibility index (Phi) is 3.76. The van der Waals surface area contributed by atoms with Crippen molar-refractivity contribution in [3.63, 3.8) is 0 Å². The number of aryl methyl sites for hydroxylation is 2. The summed E-state index contributed by atoms with van der Waals surface area (Å²) in [5.41, 5.74) is 3.72. The zero-order valence-electron chi connectivity index (χ0n) is 11.6. The molecule has 0 aliphatic rings. The van der Waals surface area contributed by atoms with E-state index in [4.69, 9.17) is 11.6 Å². The van der Waals surface area contributed by atoms with E-state index in [-0.39, 0.29) is 11.5 Å². The lowest BCUT2D eigenvalue weighted by molar-refractivity contribution is 0.821. The van der Waals surface area contributed by atoms with Gasteiger partial charge in [-0.1, -0.05) is 25.4 Å². The second-order valence-corrected chi connectivity index (χ2v) is 5.44. The van der Waals surface area contributed by atoms with Crippen LogP contribution in [0.1, 0.15) is 31.0 Å². The first-order chi connectivity index (χ1) is 8.90. The number of hydrogen-bond donors (Lipinski definition) is 0. The standard InChI is InChI=1S/C15H17ClN2O/c1-9(2)14-12(5-6-13(16)17-14)11-7-10(3)15(19)18(4)8-11/h5-9H,1-4H3. The largest absolute Gasteiger partial charge is 0.318 e. The summed E-state index contributed by atoms with van der Waals surface area (Å²) in [5.74, 6) is 0.270. The molecule has 0 aromatic carbocycles. The molecule has 0 bridgehead atoms. The molecule has 0 aliphatic carbocycles. The maximum absolute atomic E-state index is 11.8. The van der Waals surface area contributed by atoms with Crippen molar-refractivity contribution in [1.82, 2.24) is 9.55 Å². The molecule has 0 N–H and O–H groups in total. The van der Waals surface area contributed by atoms with Crippen molar-refractivity contribution in [2.45, 2.75) is 26.7 Å². The monoisotopic (exact) mass is 276 g/mol. The lowest BCUT2D eigenvalue weighted by atomic mass is 9.98. The molecule has 0 saturated carbocycles. The Morgan fingerprint density at radius 1 is 1.32 bits per heavy atom. The molecule has 100 valence electrons. The third-order valence-electron chi connectivity index (χ3n) is 3.11.